The van der Waals surface area contributed by atoms with Crippen molar-refractivity contribution in [1.82, 2.24) is 9.88 Å². The van der Waals surface area contributed by atoms with Crippen molar-refractivity contribution in [1.29, 1.82) is 0 Å². The summed E-state index contributed by atoms with van der Waals surface area (Å²) < 4.78 is 19.4. The molecule has 0 spiro atoms. The van der Waals surface area contributed by atoms with Crippen LogP contribution in [0.3, 0.4) is 0 Å². The van der Waals surface area contributed by atoms with Crippen LogP contribution in [-0.2, 0) is 29.1 Å². The number of benzene rings is 2. The van der Waals surface area contributed by atoms with E-state index in [1.165, 1.54) is 28.4 Å². The fourth-order valence-corrected chi connectivity index (χ4v) is 8.13. The number of carboxylic acids is 1. The molecule has 0 bridgehead atoms. The molecule has 10 heteroatoms. The molecule has 1 aromatic heterocycles. The van der Waals surface area contributed by atoms with Gasteiger partial charge in [-0.15, -0.1) is 11.3 Å². The van der Waals surface area contributed by atoms with Crippen molar-refractivity contribution in [2.45, 2.75) is 71.8 Å². The highest BCUT2D eigenvalue weighted by molar-refractivity contribution is 14.1. The quantitative estimate of drug-likeness (QED) is 0.149. The number of piperidine rings is 1. The number of hydrogen-bond acceptors (Lipinski definition) is 8. The van der Waals surface area contributed by atoms with E-state index < -0.39 is 11.9 Å². The van der Waals surface area contributed by atoms with Gasteiger partial charge >= 0.3 is 5.97 Å². The molecule has 3 atom stereocenters. The number of hydrogen-bond donors (Lipinski definition) is 1. The molecular formula is C34H44IN3O5S. The summed E-state index contributed by atoms with van der Waals surface area (Å²) in [5.41, 5.74) is 6.63. The summed E-state index contributed by atoms with van der Waals surface area (Å²) in [5.74, 6) is 0.493. The molecule has 2 aromatic carbocycles. The number of aliphatic carboxylic acids is 1. The van der Waals surface area contributed by atoms with Crippen LogP contribution in [0.1, 0.15) is 55.4 Å². The summed E-state index contributed by atoms with van der Waals surface area (Å²) in [6.45, 7) is 10.3. The molecule has 5 rings (SSSR count). The zero-order chi connectivity index (χ0) is 31.2. The molecule has 3 heterocycles. The number of para-hydroxylation sites is 1. The first-order valence-electron chi connectivity index (χ1n) is 15.6. The summed E-state index contributed by atoms with van der Waals surface area (Å²) in [4.78, 5) is 21.5. The second-order valence-electron chi connectivity index (χ2n) is 11.6. The van der Waals surface area contributed by atoms with E-state index in [0.29, 0.717) is 38.8 Å². The number of thiazole rings is 1. The molecule has 3 aromatic rings. The van der Waals surface area contributed by atoms with Crippen LogP contribution in [0.4, 0.5) is 5.13 Å². The van der Waals surface area contributed by atoms with Gasteiger partial charge in [0, 0.05) is 59.8 Å². The highest BCUT2D eigenvalue weighted by Crippen LogP contribution is 2.38. The Labute approximate surface area is 278 Å². The minimum absolute atomic E-state index is 0.350. The van der Waals surface area contributed by atoms with E-state index in [2.05, 4.69) is 75.9 Å². The maximum Gasteiger partial charge on any atom is 0.309 e. The second-order valence-corrected chi connectivity index (χ2v) is 13.5. The predicted molar refractivity (Wildman–Crippen MR) is 185 cm³/mol. The third-order valence-electron chi connectivity index (χ3n) is 8.93. The van der Waals surface area contributed by atoms with Gasteiger partial charge in [0.05, 0.1) is 24.8 Å². The molecule has 1 fully saturated rings. The number of carbonyl (C=O) groups is 1. The number of aromatic nitrogens is 1. The molecule has 8 nitrogen and oxygen atoms in total. The maximum absolute atomic E-state index is 11.7. The molecule has 238 valence electrons. The number of anilines is 1. The van der Waals surface area contributed by atoms with Crippen LogP contribution in [0.5, 0.6) is 11.5 Å². The lowest BCUT2D eigenvalue weighted by molar-refractivity contribution is -0.148. The van der Waals surface area contributed by atoms with Crippen LogP contribution >= 0.6 is 33.9 Å². The molecule has 0 saturated carbocycles. The van der Waals surface area contributed by atoms with Crippen molar-refractivity contribution in [2.75, 3.05) is 42.7 Å². The molecule has 1 unspecified atom stereocenters. The Hall–Kier alpha value is -2.41. The lowest BCUT2D eigenvalue weighted by atomic mass is 9.94. The van der Waals surface area contributed by atoms with Gasteiger partial charge in [-0.2, -0.15) is 0 Å². The normalized spacial score (nSPS) is 19.4. The first-order chi connectivity index (χ1) is 21.4. The predicted octanol–water partition coefficient (Wildman–Crippen LogP) is 6.98. The maximum atomic E-state index is 11.7. The van der Waals surface area contributed by atoms with Gasteiger partial charge in [0.15, 0.2) is 5.13 Å². The number of rotatable bonds is 13. The molecule has 2 aliphatic rings. The van der Waals surface area contributed by atoms with Crippen molar-refractivity contribution in [2.24, 2.45) is 5.92 Å². The van der Waals surface area contributed by atoms with E-state index in [1.54, 1.807) is 18.4 Å². The topological polar surface area (TPSA) is 84.4 Å². The number of nitrogens with zero attached hydrogens (tertiary/aromatic N) is 3. The van der Waals surface area contributed by atoms with Gasteiger partial charge in [0.1, 0.15) is 18.1 Å². The minimum Gasteiger partial charge on any atom is -0.496 e. The monoisotopic (exact) mass is 733 g/mol. The van der Waals surface area contributed by atoms with Crippen molar-refractivity contribution in [3.05, 3.63) is 58.0 Å². The van der Waals surface area contributed by atoms with E-state index in [1.807, 2.05) is 13.0 Å². The second kappa shape index (κ2) is 15.2. The van der Waals surface area contributed by atoms with Crippen LogP contribution in [-0.4, -0.2) is 70.9 Å². The zero-order valence-electron chi connectivity index (χ0n) is 26.2. The minimum atomic E-state index is -0.792. The third kappa shape index (κ3) is 7.35. The van der Waals surface area contributed by atoms with Crippen molar-refractivity contribution in [3.8, 4) is 22.8 Å². The largest absolute Gasteiger partial charge is 0.496 e. The van der Waals surface area contributed by atoms with Crippen LogP contribution in [0.25, 0.3) is 11.3 Å². The number of ether oxygens (including phenoxy) is 3. The van der Waals surface area contributed by atoms with Gasteiger partial charge in [0.25, 0.3) is 0 Å². The van der Waals surface area contributed by atoms with Crippen molar-refractivity contribution >= 4 is 45.0 Å². The molecule has 0 amide bonds. The Bertz CT molecular complexity index is 1410. The van der Waals surface area contributed by atoms with Gasteiger partial charge in [-0.1, -0.05) is 47.7 Å². The lowest BCUT2D eigenvalue weighted by Gasteiger charge is -2.36. The van der Waals surface area contributed by atoms with Gasteiger partial charge in [0.2, 0.25) is 0 Å². The number of carboxylic acid groups (broad SMARTS) is 1. The van der Waals surface area contributed by atoms with Crippen molar-refractivity contribution in [3.63, 3.8) is 0 Å². The summed E-state index contributed by atoms with van der Waals surface area (Å²) >= 11 is 4.06. The van der Waals surface area contributed by atoms with Gasteiger partial charge in [-0.25, -0.2) is 4.98 Å². The van der Waals surface area contributed by atoms with Gasteiger partial charge in [-0.3, -0.25) is 9.69 Å². The SMILES string of the molecule is CCO[C@H]1CN(c2nc(-c3cccc(C)c3OCc3cc4c(c(OC)c3)CN(C(CC)CCI)CC4)cs2)CC[C@H]1C(=O)O. The Morgan fingerprint density at radius 1 is 1.25 bits per heavy atom. The summed E-state index contributed by atoms with van der Waals surface area (Å²) in [7, 11) is 1.77. The highest BCUT2D eigenvalue weighted by Gasteiger charge is 2.35. The first-order valence-corrected chi connectivity index (χ1v) is 18.0. The molecule has 0 aliphatic carbocycles. The molecule has 0 radical (unpaired) electrons. The van der Waals surface area contributed by atoms with E-state index in [-0.39, 0.29) is 6.10 Å². The number of aryl methyl sites for hydroxylation is 1. The van der Waals surface area contributed by atoms with Crippen LogP contribution in [0.15, 0.2) is 35.7 Å². The zero-order valence-corrected chi connectivity index (χ0v) is 29.2. The standard InChI is InChI=1S/C34H44IN3O5S/c1-5-25(10-13-35)37-14-11-24-16-23(17-30(41-4)28(24)18-37)20-43-32-22(3)8-7-9-26(32)29-21-44-34(36-29)38-15-12-27(33(39)40)31(19-38)42-6-2/h7-9,16-17,21,25,27,31H,5-6,10-15,18-20H2,1-4H3,(H,39,40)/t25?,27-,31+/m1/s1. The Morgan fingerprint density at radius 3 is 2.82 bits per heavy atom. The first kappa shape index (κ1) is 33.0. The fourth-order valence-electron chi connectivity index (χ4n) is 6.55. The van der Waals surface area contributed by atoms with Gasteiger partial charge in [-0.05, 0) is 68.4 Å². The van der Waals surface area contributed by atoms with Crippen LogP contribution in [0, 0.1) is 12.8 Å². The summed E-state index contributed by atoms with van der Waals surface area (Å²) in [6, 6.07) is 11.2. The number of halogens is 1. The van der Waals surface area contributed by atoms with Crippen molar-refractivity contribution < 1.29 is 24.1 Å². The Morgan fingerprint density at radius 2 is 2.09 bits per heavy atom. The number of alkyl halides is 1. The number of methoxy groups -OCH3 is 1. The molecule has 1 saturated heterocycles. The average Bonchev–Trinajstić information content (AvgIpc) is 3.52. The smallest absolute Gasteiger partial charge is 0.309 e. The van der Waals surface area contributed by atoms with Gasteiger partial charge < -0.3 is 24.2 Å². The number of fused-ring (bicyclic) bond motifs is 1. The molecule has 44 heavy (non-hydrogen) atoms. The molecule has 2 aliphatic heterocycles. The summed E-state index contributed by atoms with van der Waals surface area (Å²) in [5, 5.41) is 12.6. The average molecular weight is 734 g/mol. The van der Waals surface area contributed by atoms with Crippen LogP contribution < -0.4 is 14.4 Å². The van der Waals surface area contributed by atoms with E-state index in [4.69, 9.17) is 19.2 Å². The Balaban J connectivity index is 1.32. The third-order valence-corrected chi connectivity index (χ3v) is 10.5. The van der Waals surface area contributed by atoms with E-state index in [9.17, 15) is 9.90 Å². The van der Waals surface area contributed by atoms with E-state index in [0.717, 1.165) is 58.5 Å². The molecule has 1 N–H and O–H groups in total. The Kier molecular flexibility index (Phi) is 11.4. The fraction of sp³-hybridized carbons (Fsp3) is 0.529. The highest BCUT2D eigenvalue weighted by atomic mass is 127. The van der Waals surface area contributed by atoms with Crippen LogP contribution in [0.2, 0.25) is 0 Å². The van der Waals surface area contributed by atoms with E-state index >= 15 is 0 Å². The molecular weight excluding hydrogens is 689 g/mol. The lowest BCUT2D eigenvalue weighted by Crippen LogP contribution is -2.48. The summed E-state index contributed by atoms with van der Waals surface area (Å²) in [6.07, 6.45) is 3.59.